The van der Waals surface area contributed by atoms with Gasteiger partial charge in [0.2, 0.25) is 0 Å². The van der Waals surface area contributed by atoms with Crippen LogP contribution in [0.4, 0.5) is 0 Å². The lowest BCUT2D eigenvalue weighted by atomic mass is 9.96. The minimum Gasteiger partial charge on any atom is -0.493 e. The summed E-state index contributed by atoms with van der Waals surface area (Å²) in [5.74, 6) is 0.965. The molecule has 0 spiro atoms. The Morgan fingerprint density at radius 1 is 1.14 bits per heavy atom. The van der Waals surface area contributed by atoms with Crippen molar-refractivity contribution in [1.29, 1.82) is 0 Å². The molecule has 1 atom stereocenters. The van der Waals surface area contributed by atoms with Crippen molar-refractivity contribution in [3.8, 4) is 5.75 Å². The van der Waals surface area contributed by atoms with E-state index in [-0.39, 0.29) is 0 Å². The second-order valence-corrected chi connectivity index (χ2v) is 6.32. The summed E-state index contributed by atoms with van der Waals surface area (Å²) in [5.41, 5.74) is 3.15. The Hall–Kier alpha value is -1.84. The van der Waals surface area contributed by atoms with Crippen LogP contribution in [0.3, 0.4) is 0 Å². The predicted octanol–water partition coefficient (Wildman–Crippen LogP) is 4.31. The van der Waals surface area contributed by atoms with Gasteiger partial charge in [0, 0.05) is 10.3 Å². The maximum atomic E-state index is 10.7. The molecule has 0 saturated heterocycles. The summed E-state index contributed by atoms with van der Waals surface area (Å²) < 4.78 is 6.86. The van der Waals surface area contributed by atoms with Crippen LogP contribution in [0.1, 0.15) is 29.2 Å². The fourth-order valence-corrected chi connectivity index (χ4v) is 3.92. The Morgan fingerprint density at radius 3 is 3.00 bits per heavy atom. The van der Waals surface area contributed by atoms with Gasteiger partial charge in [-0.25, -0.2) is 0 Å². The van der Waals surface area contributed by atoms with E-state index in [0.29, 0.717) is 0 Å². The molecule has 3 heteroatoms. The number of hydrogen-bond acceptors (Lipinski definition) is 3. The van der Waals surface area contributed by atoms with Gasteiger partial charge in [-0.15, -0.1) is 11.3 Å². The summed E-state index contributed by atoms with van der Waals surface area (Å²) in [7, 11) is 0. The standard InChI is InChI=1S/C18H16O2S/c19-18(15-11-21-17-6-2-1-5-14(15)17)13-7-8-16-12(10-13)4-3-9-20-16/h1-2,5-8,10-11,18-19H,3-4,9H2. The van der Waals surface area contributed by atoms with E-state index in [9.17, 15) is 5.11 Å². The van der Waals surface area contributed by atoms with Gasteiger partial charge in [-0.2, -0.15) is 0 Å². The number of rotatable bonds is 2. The second kappa shape index (κ2) is 5.17. The van der Waals surface area contributed by atoms with Gasteiger partial charge in [0.1, 0.15) is 11.9 Å². The average Bonchev–Trinajstić information content (AvgIpc) is 2.98. The number of benzene rings is 2. The first-order valence-electron chi connectivity index (χ1n) is 7.23. The highest BCUT2D eigenvalue weighted by molar-refractivity contribution is 7.17. The molecule has 106 valence electrons. The predicted molar refractivity (Wildman–Crippen MR) is 86.1 cm³/mol. The van der Waals surface area contributed by atoms with E-state index >= 15 is 0 Å². The van der Waals surface area contributed by atoms with Gasteiger partial charge in [0.05, 0.1) is 6.61 Å². The largest absolute Gasteiger partial charge is 0.493 e. The Morgan fingerprint density at radius 2 is 2.05 bits per heavy atom. The highest BCUT2D eigenvalue weighted by Gasteiger charge is 2.18. The second-order valence-electron chi connectivity index (χ2n) is 5.41. The lowest BCUT2D eigenvalue weighted by Crippen LogP contribution is -2.09. The smallest absolute Gasteiger partial charge is 0.122 e. The molecule has 21 heavy (non-hydrogen) atoms. The molecule has 3 aromatic rings. The zero-order valence-electron chi connectivity index (χ0n) is 11.6. The van der Waals surface area contributed by atoms with Crippen molar-refractivity contribution in [2.24, 2.45) is 0 Å². The number of hydrogen-bond donors (Lipinski definition) is 1. The SMILES string of the molecule is OC(c1ccc2c(c1)CCCO2)c1csc2ccccc12. The molecule has 2 nitrogen and oxygen atoms in total. The Balaban J connectivity index is 1.75. The molecule has 0 saturated carbocycles. The van der Waals surface area contributed by atoms with Crippen LogP contribution in [0.25, 0.3) is 10.1 Å². The number of aliphatic hydroxyl groups is 1. The van der Waals surface area contributed by atoms with Crippen molar-refractivity contribution in [2.45, 2.75) is 18.9 Å². The third-order valence-electron chi connectivity index (χ3n) is 4.05. The zero-order valence-corrected chi connectivity index (χ0v) is 12.4. The van der Waals surface area contributed by atoms with Gasteiger partial charge in [0.25, 0.3) is 0 Å². The van der Waals surface area contributed by atoms with E-state index in [2.05, 4.69) is 23.6 Å². The third-order valence-corrected chi connectivity index (χ3v) is 5.04. The van der Waals surface area contributed by atoms with Crippen LogP contribution < -0.4 is 4.74 Å². The molecule has 2 aromatic carbocycles. The van der Waals surface area contributed by atoms with Gasteiger partial charge in [0.15, 0.2) is 0 Å². The maximum Gasteiger partial charge on any atom is 0.122 e. The summed E-state index contributed by atoms with van der Waals surface area (Å²) in [5, 5.41) is 13.9. The minimum absolute atomic E-state index is 0.576. The average molecular weight is 296 g/mol. The van der Waals surface area contributed by atoms with E-state index in [1.165, 1.54) is 10.3 Å². The molecule has 0 fully saturated rings. The normalized spacial score (nSPS) is 15.5. The quantitative estimate of drug-likeness (QED) is 0.763. The van der Waals surface area contributed by atoms with Crippen molar-refractivity contribution in [2.75, 3.05) is 6.61 Å². The molecule has 0 bridgehead atoms. The zero-order chi connectivity index (χ0) is 14.2. The van der Waals surface area contributed by atoms with Crippen molar-refractivity contribution in [1.82, 2.24) is 0 Å². The summed E-state index contributed by atoms with van der Waals surface area (Å²) in [6.07, 6.45) is 1.50. The van der Waals surface area contributed by atoms with Crippen molar-refractivity contribution >= 4 is 21.4 Å². The Bertz CT molecular complexity index is 791. The molecule has 1 aliphatic rings. The molecule has 0 amide bonds. The first-order valence-corrected chi connectivity index (χ1v) is 8.11. The first-order chi connectivity index (χ1) is 10.3. The molecule has 2 heterocycles. The molecule has 1 unspecified atom stereocenters. The number of thiophene rings is 1. The summed E-state index contributed by atoms with van der Waals surface area (Å²) in [6.45, 7) is 0.796. The maximum absolute atomic E-state index is 10.7. The van der Waals surface area contributed by atoms with Crippen LogP contribution in [0.2, 0.25) is 0 Å². The number of aryl methyl sites for hydroxylation is 1. The monoisotopic (exact) mass is 296 g/mol. The number of aliphatic hydroxyl groups excluding tert-OH is 1. The number of fused-ring (bicyclic) bond motifs is 2. The van der Waals surface area contributed by atoms with E-state index in [4.69, 9.17) is 4.74 Å². The first kappa shape index (κ1) is 12.9. The van der Waals surface area contributed by atoms with Crippen LogP contribution in [0.5, 0.6) is 5.75 Å². The molecular formula is C18H16O2S. The fraction of sp³-hybridized carbons (Fsp3) is 0.222. The van der Waals surface area contributed by atoms with Crippen molar-refractivity contribution in [3.05, 3.63) is 64.5 Å². The van der Waals surface area contributed by atoms with Crippen molar-refractivity contribution < 1.29 is 9.84 Å². The fourth-order valence-electron chi connectivity index (χ4n) is 2.94. The lowest BCUT2D eigenvalue weighted by Gasteiger charge is -2.19. The highest BCUT2D eigenvalue weighted by Crippen LogP contribution is 2.35. The van der Waals surface area contributed by atoms with Crippen LogP contribution >= 0.6 is 11.3 Å². The van der Waals surface area contributed by atoms with Crippen LogP contribution in [0.15, 0.2) is 47.8 Å². The molecule has 4 rings (SSSR count). The van der Waals surface area contributed by atoms with E-state index < -0.39 is 6.10 Å². The Kier molecular flexibility index (Phi) is 3.17. The van der Waals surface area contributed by atoms with Crippen LogP contribution in [-0.4, -0.2) is 11.7 Å². The molecule has 1 N–H and O–H groups in total. The van der Waals surface area contributed by atoms with Gasteiger partial charge in [-0.05, 0) is 52.9 Å². The highest BCUT2D eigenvalue weighted by atomic mass is 32.1. The van der Waals surface area contributed by atoms with E-state index in [1.807, 2.05) is 24.3 Å². The minimum atomic E-state index is -0.576. The Labute approximate surface area is 127 Å². The molecular weight excluding hydrogens is 280 g/mol. The third kappa shape index (κ3) is 2.23. The van der Waals surface area contributed by atoms with Gasteiger partial charge < -0.3 is 9.84 Å². The van der Waals surface area contributed by atoms with Gasteiger partial charge in [-0.3, -0.25) is 0 Å². The topological polar surface area (TPSA) is 29.5 Å². The summed E-state index contributed by atoms with van der Waals surface area (Å²) in [6, 6.07) is 14.3. The van der Waals surface area contributed by atoms with E-state index in [0.717, 1.165) is 41.7 Å². The molecule has 0 radical (unpaired) electrons. The molecule has 1 aromatic heterocycles. The summed E-state index contributed by atoms with van der Waals surface area (Å²) in [4.78, 5) is 0. The molecule has 1 aliphatic heterocycles. The van der Waals surface area contributed by atoms with Gasteiger partial charge in [-0.1, -0.05) is 24.3 Å². The van der Waals surface area contributed by atoms with Crippen LogP contribution in [-0.2, 0) is 6.42 Å². The lowest BCUT2D eigenvalue weighted by molar-refractivity contribution is 0.221. The van der Waals surface area contributed by atoms with Crippen LogP contribution in [0, 0.1) is 0 Å². The van der Waals surface area contributed by atoms with Crippen molar-refractivity contribution in [3.63, 3.8) is 0 Å². The van der Waals surface area contributed by atoms with E-state index in [1.54, 1.807) is 11.3 Å². The summed E-state index contributed by atoms with van der Waals surface area (Å²) >= 11 is 1.68. The molecule has 0 aliphatic carbocycles. The number of ether oxygens (including phenoxy) is 1. The van der Waals surface area contributed by atoms with Gasteiger partial charge >= 0.3 is 0 Å².